The molecule has 2 aromatic rings. The molecule has 0 spiro atoms. The third-order valence-electron chi connectivity index (χ3n) is 5.46. The summed E-state index contributed by atoms with van der Waals surface area (Å²) in [5.41, 5.74) is 2.30. The monoisotopic (exact) mass is 339 g/mol. The molecule has 1 aromatic carbocycles. The smallest absolute Gasteiger partial charge is 0.254 e. The number of hydrogen-bond acceptors (Lipinski definition) is 5. The zero-order valence-electron chi connectivity index (χ0n) is 14.9. The van der Waals surface area contributed by atoms with Crippen molar-refractivity contribution in [2.75, 3.05) is 39.3 Å². The predicted octanol–water partition coefficient (Wildman–Crippen LogP) is 1.48. The topological polar surface area (TPSA) is 52.6 Å². The minimum Gasteiger partial charge on any atom is -0.335 e. The van der Waals surface area contributed by atoms with Crippen molar-refractivity contribution in [3.63, 3.8) is 0 Å². The highest BCUT2D eigenvalue weighted by atomic mass is 16.2. The lowest BCUT2D eigenvalue weighted by atomic mass is 10.0. The molecule has 1 amide bonds. The van der Waals surface area contributed by atoms with Crippen LogP contribution < -0.4 is 0 Å². The first kappa shape index (κ1) is 16.4. The summed E-state index contributed by atoms with van der Waals surface area (Å²) in [6, 6.07) is 6.71. The Hall–Kier alpha value is -2.05. The Morgan fingerprint density at radius 3 is 2.40 bits per heavy atom. The van der Waals surface area contributed by atoms with E-state index in [1.807, 2.05) is 23.1 Å². The Labute approximate surface area is 148 Å². The summed E-state index contributed by atoms with van der Waals surface area (Å²) in [5, 5.41) is 0. The zero-order valence-corrected chi connectivity index (χ0v) is 14.9. The van der Waals surface area contributed by atoms with Gasteiger partial charge >= 0.3 is 0 Å². The Balaban J connectivity index is 1.34. The van der Waals surface area contributed by atoms with Gasteiger partial charge in [0.15, 0.2) is 0 Å². The van der Waals surface area contributed by atoms with Gasteiger partial charge in [0.05, 0.1) is 11.0 Å². The van der Waals surface area contributed by atoms with E-state index in [0.717, 1.165) is 50.3 Å². The zero-order chi connectivity index (χ0) is 17.4. The van der Waals surface area contributed by atoms with Gasteiger partial charge in [0.1, 0.15) is 0 Å². The Bertz CT molecular complexity index is 763. The van der Waals surface area contributed by atoms with E-state index >= 15 is 0 Å². The summed E-state index contributed by atoms with van der Waals surface area (Å²) < 4.78 is 0. The second-order valence-corrected chi connectivity index (χ2v) is 7.29. The van der Waals surface area contributed by atoms with Crippen LogP contribution in [0.5, 0.6) is 0 Å². The van der Waals surface area contributed by atoms with E-state index in [1.165, 1.54) is 0 Å². The number of fused-ring (bicyclic) bond motifs is 1. The summed E-state index contributed by atoms with van der Waals surface area (Å²) in [4.78, 5) is 28.2. The van der Waals surface area contributed by atoms with Crippen LogP contribution in [0, 0.1) is 0 Å². The molecule has 2 saturated heterocycles. The van der Waals surface area contributed by atoms with Crippen LogP contribution >= 0.6 is 0 Å². The molecule has 132 valence electrons. The van der Waals surface area contributed by atoms with Gasteiger partial charge in [0.2, 0.25) is 0 Å². The minimum atomic E-state index is 0.101. The van der Waals surface area contributed by atoms with Gasteiger partial charge in [-0.3, -0.25) is 24.6 Å². The molecule has 1 aromatic heterocycles. The van der Waals surface area contributed by atoms with E-state index in [4.69, 9.17) is 0 Å². The molecular weight excluding hydrogens is 314 g/mol. The third kappa shape index (κ3) is 3.24. The van der Waals surface area contributed by atoms with E-state index in [9.17, 15) is 4.79 Å². The Morgan fingerprint density at radius 2 is 1.72 bits per heavy atom. The second-order valence-electron chi connectivity index (χ2n) is 7.29. The fourth-order valence-corrected chi connectivity index (χ4v) is 3.75. The van der Waals surface area contributed by atoms with Crippen molar-refractivity contribution in [2.24, 2.45) is 0 Å². The first-order valence-electron chi connectivity index (χ1n) is 9.10. The largest absolute Gasteiger partial charge is 0.335 e. The highest BCUT2D eigenvalue weighted by Gasteiger charge is 2.36. The van der Waals surface area contributed by atoms with Crippen LogP contribution in [-0.2, 0) is 0 Å². The lowest BCUT2D eigenvalue weighted by molar-refractivity contribution is 0.00318. The van der Waals surface area contributed by atoms with Crippen molar-refractivity contribution >= 4 is 16.9 Å². The molecule has 0 aliphatic carbocycles. The van der Waals surface area contributed by atoms with Crippen molar-refractivity contribution in [1.29, 1.82) is 0 Å². The first-order chi connectivity index (χ1) is 12.1. The Morgan fingerprint density at radius 1 is 1.04 bits per heavy atom. The summed E-state index contributed by atoms with van der Waals surface area (Å²) in [5.74, 6) is 0.101. The molecule has 3 heterocycles. The molecule has 6 nitrogen and oxygen atoms in total. The minimum absolute atomic E-state index is 0.101. The van der Waals surface area contributed by atoms with E-state index < -0.39 is 0 Å². The van der Waals surface area contributed by atoms with Gasteiger partial charge in [-0.05, 0) is 32.0 Å². The van der Waals surface area contributed by atoms with Gasteiger partial charge in [-0.15, -0.1) is 0 Å². The number of amides is 1. The lowest BCUT2D eigenvalue weighted by Gasteiger charge is -2.48. The van der Waals surface area contributed by atoms with Crippen molar-refractivity contribution in [1.82, 2.24) is 24.7 Å². The molecule has 2 fully saturated rings. The number of carbonyl (C=O) groups is 1. The number of carbonyl (C=O) groups excluding carboxylic acids is 1. The summed E-state index contributed by atoms with van der Waals surface area (Å²) >= 11 is 0. The normalized spacial score (nSPS) is 20.2. The van der Waals surface area contributed by atoms with Crippen LogP contribution in [0.15, 0.2) is 30.6 Å². The maximum atomic E-state index is 12.7. The number of nitrogens with zero attached hydrogens (tertiary/aromatic N) is 5. The first-order valence-corrected chi connectivity index (χ1v) is 9.10. The highest BCUT2D eigenvalue weighted by molar-refractivity contribution is 5.97. The fourth-order valence-electron chi connectivity index (χ4n) is 3.75. The van der Waals surface area contributed by atoms with E-state index in [0.29, 0.717) is 17.6 Å². The van der Waals surface area contributed by atoms with Gasteiger partial charge in [-0.25, -0.2) is 0 Å². The quantitative estimate of drug-likeness (QED) is 0.848. The molecule has 2 aliphatic heterocycles. The van der Waals surface area contributed by atoms with Crippen LogP contribution in [0.3, 0.4) is 0 Å². The van der Waals surface area contributed by atoms with Gasteiger partial charge in [0, 0.05) is 69.3 Å². The van der Waals surface area contributed by atoms with Crippen LogP contribution in [0.4, 0.5) is 0 Å². The van der Waals surface area contributed by atoms with E-state index in [2.05, 4.69) is 33.6 Å². The number of piperazine rings is 1. The highest BCUT2D eigenvalue weighted by Crippen LogP contribution is 2.21. The molecule has 2 aliphatic rings. The number of aromatic nitrogens is 2. The van der Waals surface area contributed by atoms with Crippen LogP contribution in [0.25, 0.3) is 11.0 Å². The number of likely N-dealkylation sites (tertiary alicyclic amines) is 1. The average molecular weight is 339 g/mol. The molecule has 0 N–H and O–H groups in total. The van der Waals surface area contributed by atoms with Crippen molar-refractivity contribution < 1.29 is 4.79 Å². The summed E-state index contributed by atoms with van der Waals surface area (Å²) in [6.07, 6.45) is 3.33. The summed E-state index contributed by atoms with van der Waals surface area (Å²) in [6.45, 7) is 10.7. The van der Waals surface area contributed by atoms with Gasteiger partial charge in [0.25, 0.3) is 5.91 Å². The molecule has 25 heavy (non-hydrogen) atoms. The van der Waals surface area contributed by atoms with Gasteiger partial charge < -0.3 is 4.90 Å². The van der Waals surface area contributed by atoms with Crippen molar-refractivity contribution in [3.05, 3.63) is 36.2 Å². The van der Waals surface area contributed by atoms with Crippen LogP contribution in [0.2, 0.25) is 0 Å². The number of benzene rings is 1. The van der Waals surface area contributed by atoms with Crippen LogP contribution in [0.1, 0.15) is 24.2 Å². The lowest BCUT2D eigenvalue weighted by Crippen LogP contribution is -2.64. The maximum absolute atomic E-state index is 12.7. The number of hydrogen-bond donors (Lipinski definition) is 0. The molecule has 0 bridgehead atoms. The fraction of sp³-hybridized carbons (Fsp3) is 0.526. The van der Waals surface area contributed by atoms with Crippen LogP contribution in [-0.4, -0.2) is 81.9 Å². The molecule has 6 heteroatoms. The molecule has 0 radical (unpaired) electrons. The summed E-state index contributed by atoms with van der Waals surface area (Å²) in [7, 11) is 0. The average Bonchev–Trinajstić information content (AvgIpc) is 2.60. The maximum Gasteiger partial charge on any atom is 0.254 e. The van der Waals surface area contributed by atoms with Crippen molar-refractivity contribution in [3.8, 4) is 0 Å². The molecule has 0 saturated carbocycles. The molecule has 0 atom stereocenters. The van der Waals surface area contributed by atoms with E-state index in [1.54, 1.807) is 12.4 Å². The Kier molecular flexibility index (Phi) is 4.39. The van der Waals surface area contributed by atoms with Gasteiger partial charge in [-0.2, -0.15) is 0 Å². The standard InChI is InChI=1S/C19H25N5O/c1-14(2)22-7-9-23(10-8-22)16-12-24(13-16)19(25)15-3-4-17-18(11-15)21-6-5-20-17/h3-6,11,14,16H,7-10,12-13H2,1-2H3. The van der Waals surface area contributed by atoms with E-state index in [-0.39, 0.29) is 5.91 Å². The van der Waals surface area contributed by atoms with Gasteiger partial charge in [-0.1, -0.05) is 0 Å². The SMILES string of the molecule is CC(C)N1CCN(C2CN(C(=O)c3ccc4nccnc4c3)C2)CC1. The van der Waals surface area contributed by atoms with Crippen molar-refractivity contribution in [2.45, 2.75) is 25.9 Å². The molecular formula is C19H25N5O. The second kappa shape index (κ2) is 6.69. The molecule has 4 rings (SSSR count). The third-order valence-corrected chi connectivity index (χ3v) is 5.46. The number of rotatable bonds is 3. The molecule has 0 unspecified atom stereocenters. The predicted molar refractivity (Wildman–Crippen MR) is 97.5 cm³/mol.